The lowest BCUT2D eigenvalue weighted by atomic mass is 9.94. The predicted octanol–water partition coefficient (Wildman–Crippen LogP) is 6.34. The molecule has 1 fully saturated rings. The van der Waals surface area contributed by atoms with Crippen LogP contribution in [0.4, 0.5) is 4.79 Å². The quantitative estimate of drug-likeness (QED) is 0.108. The van der Waals surface area contributed by atoms with Crippen LogP contribution in [-0.2, 0) is 48.0 Å². The maximum absolute atomic E-state index is 14.1. The van der Waals surface area contributed by atoms with Crippen molar-refractivity contribution in [3.05, 3.63) is 114 Å². The summed E-state index contributed by atoms with van der Waals surface area (Å²) >= 11 is 0. The minimum absolute atomic E-state index is 0. The first-order valence-corrected chi connectivity index (χ1v) is 17.5. The molecule has 11 heteroatoms. The lowest BCUT2D eigenvalue weighted by Gasteiger charge is -2.28. The highest BCUT2D eigenvalue weighted by Crippen LogP contribution is 2.29. The van der Waals surface area contributed by atoms with Crippen molar-refractivity contribution in [1.29, 1.82) is 0 Å². The van der Waals surface area contributed by atoms with Crippen molar-refractivity contribution < 1.29 is 41.0 Å². The first-order chi connectivity index (χ1) is 24.7. The number of benzene rings is 3. The number of ether oxygens (including phenoxy) is 4. The maximum Gasteiger partial charge on any atom is 0.408 e. The van der Waals surface area contributed by atoms with E-state index >= 15 is 0 Å². The van der Waals surface area contributed by atoms with E-state index in [-0.39, 0.29) is 46.9 Å². The fourth-order valence-corrected chi connectivity index (χ4v) is 5.25. The normalized spacial score (nSPS) is 16.4. The number of Topliss-reactive ketones (excluding diaryl/α,β-unsaturated/α-hetero) is 1. The zero-order valence-electron chi connectivity index (χ0n) is 31.3. The predicted molar refractivity (Wildman–Crippen MR) is 204 cm³/mol. The summed E-state index contributed by atoms with van der Waals surface area (Å²) in [5.41, 5.74) is 0.740. The van der Waals surface area contributed by atoms with Gasteiger partial charge in [-0.3, -0.25) is 14.4 Å². The van der Waals surface area contributed by atoms with Crippen LogP contribution >= 0.6 is 0 Å². The molecule has 4 unspecified atom stereocenters. The van der Waals surface area contributed by atoms with Crippen LogP contribution in [0.1, 0.15) is 67.5 Å². The average Bonchev–Trinajstić information content (AvgIpc) is 3.88. The van der Waals surface area contributed by atoms with Gasteiger partial charge in [-0.2, -0.15) is 0 Å². The first kappa shape index (κ1) is 41.3. The fourth-order valence-electron chi connectivity index (χ4n) is 5.25. The van der Waals surface area contributed by atoms with Crippen molar-refractivity contribution in [2.75, 3.05) is 13.7 Å². The van der Waals surface area contributed by atoms with Crippen LogP contribution in [0, 0.1) is 0 Å². The summed E-state index contributed by atoms with van der Waals surface area (Å²) < 4.78 is 22.0. The topological polar surface area (TPSA) is 145 Å². The van der Waals surface area contributed by atoms with Crippen molar-refractivity contribution in [2.24, 2.45) is 0 Å². The minimum atomic E-state index is -1.21. The van der Waals surface area contributed by atoms with E-state index in [1.807, 2.05) is 95.3 Å². The Morgan fingerprint density at radius 1 is 0.788 bits per heavy atom. The molecule has 0 aliphatic carbocycles. The molecule has 1 saturated heterocycles. The molecule has 11 nitrogen and oxygen atoms in total. The Labute approximate surface area is 310 Å². The van der Waals surface area contributed by atoms with E-state index in [1.165, 1.54) is 0 Å². The van der Waals surface area contributed by atoms with Gasteiger partial charge in [0.1, 0.15) is 35.6 Å². The van der Waals surface area contributed by atoms with Crippen LogP contribution in [0.2, 0.25) is 0 Å². The second-order valence-corrected chi connectivity index (χ2v) is 13.5. The molecule has 1 aliphatic rings. The van der Waals surface area contributed by atoms with Gasteiger partial charge in [-0.25, -0.2) is 4.79 Å². The van der Waals surface area contributed by atoms with E-state index in [2.05, 4.69) is 22.5 Å². The van der Waals surface area contributed by atoms with Gasteiger partial charge in [-0.15, -0.1) is 0 Å². The zero-order chi connectivity index (χ0) is 38.3. The SMILES string of the molecule is C=C(CC(NC(=O)OCc1ccccc1)C(=O)NC(Cc1ccc(OC)cc1)C(=O)NC(Cc1ccccc1)C(=O)C1(C)CO1)OC(C)(C)C.CC.[HH].[HH]. The average molecular weight is 720 g/mol. The van der Waals surface area contributed by atoms with Gasteiger partial charge in [0.2, 0.25) is 11.8 Å². The molecule has 0 bridgehead atoms. The monoisotopic (exact) mass is 719 g/mol. The van der Waals surface area contributed by atoms with Crippen LogP contribution < -0.4 is 20.7 Å². The van der Waals surface area contributed by atoms with Crippen molar-refractivity contribution in [3.8, 4) is 5.75 Å². The molecule has 3 aromatic rings. The van der Waals surface area contributed by atoms with E-state index < -0.39 is 47.2 Å². The number of rotatable bonds is 17. The van der Waals surface area contributed by atoms with Crippen molar-refractivity contribution in [1.82, 2.24) is 16.0 Å². The second-order valence-electron chi connectivity index (χ2n) is 13.5. The van der Waals surface area contributed by atoms with Crippen LogP contribution in [0.5, 0.6) is 5.75 Å². The summed E-state index contributed by atoms with van der Waals surface area (Å²) in [6.07, 6.45) is -0.619. The standard InChI is InChI=1S/C39H47N3O8.C2H6.2H2/c1-26(50-38(2,3)4)21-32(42-37(46)48-24-29-15-11-8-12-16-29)35(44)41-33(23-28-17-19-30(47-6)20-18-28)36(45)40-31(34(43)39(5)25-49-39)22-27-13-9-7-10-14-27;1-2;;/h7-20,31-33H,1,21-25H2,2-6H3,(H,40,45)(H,41,44)(H,42,46);1-2H3;2*1H. The van der Waals surface area contributed by atoms with Gasteiger partial charge in [0, 0.05) is 15.7 Å². The number of ketones is 1. The molecule has 4 atom stereocenters. The molecule has 4 rings (SSSR count). The summed E-state index contributed by atoms with van der Waals surface area (Å²) in [5.74, 6) is -0.634. The van der Waals surface area contributed by atoms with Gasteiger partial charge >= 0.3 is 6.09 Å². The molecule has 0 saturated carbocycles. The van der Waals surface area contributed by atoms with Gasteiger partial charge < -0.3 is 34.9 Å². The van der Waals surface area contributed by atoms with Crippen LogP contribution in [0.15, 0.2) is 97.3 Å². The highest BCUT2D eigenvalue weighted by Gasteiger charge is 2.50. The fraction of sp³-hybridized carbons (Fsp3) is 0.415. The van der Waals surface area contributed by atoms with Crippen molar-refractivity contribution in [3.63, 3.8) is 0 Å². The molecule has 52 heavy (non-hydrogen) atoms. The minimum Gasteiger partial charge on any atom is -0.497 e. The van der Waals surface area contributed by atoms with E-state index in [4.69, 9.17) is 18.9 Å². The number of nitrogens with one attached hydrogen (secondary N) is 3. The van der Waals surface area contributed by atoms with Gasteiger partial charge in [0.15, 0.2) is 5.78 Å². The molecule has 0 aromatic heterocycles. The Morgan fingerprint density at radius 2 is 1.29 bits per heavy atom. The van der Waals surface area contributed by atoms with E-state index in [9.17, 15) is 19.2 Å². The molecular formula is C41H57N3O8. The van der Waals surface area contributed by atoms with E-state index in [1.54, 1.807) is 38.3 Å². The third kappa shape index (κ3) is 13.5. The summed E-state index contributed by atoms with van der Waals surface area (Å²) in [6, 6.07) is 22.2. The lowest BCUT2D eigenvalue weighted by molar-refractivity contribution is -0.133. The smallest absolute Gasteiger partial charge is 0.408 e. The lowest BCUT2D eigenvalue weighted by Crippen LogP contribution is -2.57. The Kier molecular flexibility index (Phi) is 15.4. The van der Waals surface area contributed by atoms with Crippen molar-refractivity contribution in [2.45, 2.75) is 96.7 Å². The number of carbonyl (C=O) groups excluding carboxylic acids is 4. The summed E-state index contributed by atoms with van der Waals surface area (Å²) in [7, 11) is 1.55. The number of methoxy groups -OCH3 is 1. The molecule has 3 amide bonds. The Bertz CT molecular complexity index is 1630. The van der Waals surface area contributed by atoms with Gasteiger partial charge in [0.05, 0.1) is 25.5 Å². The number of carbonyl (C=O) groups is 4. The van der Waals surface area contributed by atoms with Crippen LogP contribution in [0.3, 0.4) is 0 Å². The van der Waals surface area contributed by atoms with E-state index in [0.29, 0.717) is 5.75 Å². The Hall–Kier alpha value is -5.16. The molecule has 1 aliphatic heterocycles. The molecule has 3 aromatic carbocycles. The number of hydrogen-bond acceptors (Lipinski definition) is 8. The van der Waals surface area contributed by atoms with Gasteiger partial charge in [-0.05, 0) is 62.9 Å². The third-order valence-electron chi connectivity index (χ3n) is 7.95. The van der Waals surface area contributed by atoms with Gasteiger partial charge in [-0.1, -0.05) is 93.2 Å². The molecule has 0 spiro atoms. The highest BCUT2D eigenvalue weighted by atomic mass is 16.6. The Balaban J connectivity index is 0.00000358. The first-order valence-electron chi connectivity index (χ1n) is 17.5. The van der Waals surface area contributed by atoms with Crippen LogP contribution in [0.25, 0.3) is 0 Å². The molecule has 0 radical (unpaired) electrons. The largest absolute Gasteiger partial charge is 0.497 e. The number of epoxide rings is 1. The number of alkyl carbamates (subject to hydrolysis) is 1. The second kappa shape index (κ2) is 19.4. The summed E-state index contributed by atoms with van der Waals surface area (Å²) in [6.45, 7) is 15.4. The van der Waals surface area contributed by atoms with Gasteiger partial charge in [0.25, 0.3) is 0 Å². The molecular weight excluding hydrogens is 662 g/mol. The molecule has 3 N–H and O–H groups in total. The van der Waals surface area contributed by atoms with Crippen molar-refractivity contribution >= 4 is 23.7 Å². The summed E-state index contributed by atoms with van der Waals surface area (Å²) in [5, 5.41) is 8.31. The highest BCUT2D eigenvalue weighted by molar-refractivity contribution is 5.98. The number of amides is 3. The number of hydrogen-bond donors (Lipinski definition) is 3. The zero-order valence-corrected chi connectivity index (χ0v) is 31.3. The van der Waals surface area contributed by atoms with Crippen LogP contribution in [-0.4, -0.2) is 66.7 Å². The molecule has 284 valence electrons. The molecule has 1 heterocycles. The summed E-state index contributed by atoms with van der Waals surface area (Å²) in [4.78, 5) is 54.5. The Morgan fingerprint density at radius 3 is 1.83 bits per heavy atom. The maximum atomic E-state index is 14.1. The third-order valence-corrected chi connectivity index (χ3v) is 7.95. The van der Waals surface area contributed by atoms with E-state index in [0.717, 1.165) is 16.7 Å².